The maximum Gasteiger partial charge on any atom is 0.113 e. The van der Waals surface area contributed by atoms with Gasteiger partial charge < -0.3 is 4.57 Å². The Balaban J connectivity index is 2.33. The number of alkyl halides is 1. The van der Waals surface area contributed by atoms with Gasteiger partial charge in [-0.3, -0.25) is 0 Å². The van der Waals surface area contributed by atoms with Gasteiger partial charge >= 0.3 is 0 Å². The summed E-state index contributed by atoms with van der Waals surface area (Å²) in [6.07, 6.45) is 4.31. The number of nitrogens with zero attached hydrogens (tertiary/aromatic N) is 2. The molecule has 1 aromatic carbocycles. The highest BCUT2D eigenvalue weighted by Gasteiger charge is 2.08. The molecule has 0 N–H and O–H groups in total. The molecule has 2 nitrogen and oxygen atoms in total. The summed E-state index contributed by atoms with van der Waals surface area (Å²) in [4.78, 5) is 4.74. The molecular weight excluding hydrogens is 288 g/mol. The molecule has 0 bridgehead atoms. The van der Waals surface area contributed by atoms with E-state index in [4.69, 9.17) is 4.98 Å². The van der Waals surface area contributed by atoms with Gasteiger partial charge in [0.25, 0.3) is 0 Å². The van der Waals surface area contributed by atoms with E-state index in [2.05, 4.69) is 58.6 Å². The highest BCUT2D eigenvalue weighted by atomic mass is 79.9. The number of para-hydroxylation sites is 2. The lowest BCUT2D eigenvalue weighted by molar-refractivity contribution is 0.730. The fourth-order valence-electron chi connectivity index (χ4n) is 2.24. The Hall–Kier alpha value is -1.09. The van der Waals surface area contributed by atoms with E-state index in [1.165, 1.54) is 16.9 Å². The van der Waals surface area contributed by atoms with Crippen LogP contribution in [0.3, 0.4) is 0 Å². The van der Waals surface area contributed by atoms with Gasteiger partial charge in [0.15, 0.2) is 0 Å². The molecule has 0 spiro atoms. The number of aromatic nitrogens is 2. The second-order valence-electron chi connectivity index (χ2n) is 4.47. The molecule has 0 atom stereocenters. The van der Waals surface area contributed by atoms with Crippen LogP contribution in [-0.4, -0.2) is 14.9 Å². The Morgan fingerprint density at radius 1 is 1.39 bits per heavy atom. The fraction of sp³-hybridized carbons (Fsp3) is 0.400. The standard InChI is InChI=1S/C15H19BrN2/c1-3-18-14-9-5-4-8-13(14)17-15(18)11-12(2)7-6-10-16/h4-5,7-9H,3,6,10-11H2,1-2H3. The van der Waals surface area contributed by atoms with Gasteiger partial charge in [0.1, 0.15) is 5.82 Å². The van der Waals surface area contributed by atoms with Gasteiger partial charge in [0.05, 0.1) is 11.0 Å². The first-order valence-corrected chi connectivity index (χ1v) is 7.54. The number of benzene rings is 1. The summed E-state index contributed by atoms with van der Waals surface area (Å²) in [7, 11) is 0. The number of allylic oxidation sites excluding steroid dienone is 2. The Bertz CT molecular complexity index is 555. The molecule has 18 heavy (non-hydrogen) atoms. The van der Waals surface area contributed by atoms with Gasteiger partial charge in [0, 0.05) is 18.3 Å². The predicted octanol–water partition coefficient (Wildman–Crippen LogP) is 4.33. The summed E-state index contributed by atoms with van der Waals surface area (Å²) < 4.78 is 2.31. The van der Waals surface area contributed by atoms with Crippen molar-refractivity contribution in [3.63, 3.8) is 0 Å². The van der Waals surface area contributed by atoms with Crippen molar-refractivity contribution < 1.29 is 0 Å². The van der Waals surface area contributed by atoms with Crippen molar-refractivity contribution in [1.82, 2.24) is 9.55 Å². The number of fused-ring (bicyclic) bond motifs is 1. The van der Waals surface area contributed by atoms with Gasteiger partial charge in [-0.2, -0.15) is 0 Å². The molecule has 0 amide bonds. The van der Waals surface area contributed by atoms with Gasteiger partial charge in [-0.1, -0.05) is 39.7 Å². The first kappa shape index (κ1) is 13.3. The quantitative estimate of drug-likeness (QED) is 0.594. The minimum absolute atomic E-state index is 0.940. The molecule has 0 saturated heterocycles. The van der Waals surface area contributed by atoms with E-state index in [9.17, 15) is 0 Å². The zero-order valence-electron chi connectivity index (χ0n) is 11.0. The second-order valence-corrected chi connectivity index (χ2v) is 5.26. The van der Waals surface area contributed by atoms with Gasteiger partial charge in [-0.15, -0.1) is 0 Å². The van der Waals surface area contributed by atoms with E-state index in [1.807, 2.05) is 6.07 Å². The molecule has 0 aliphatic rings. The van der Waals surface area contributed by atoms with Gasteiger partial charge in [0.2, 0.25) is 0 Å². The third kappa shape index (κ3) is 2.83. The monoisotopic (exact) mass is 306 g/mol. The SMILES string of the molecule is CCn1c(CC(C)=CCCBr)nc2ccccc21. The number of hydrogen-bond acceptors (Lipinski definition) is 1. The number of rotatable bonds is 5. The Morgan fingerprint density at radius 2 is 2.17 bits per heavy atom. The molecule has 2 aromatic rings. The normalized spacial score (nSPS) is 12.3. The Labute approximate surface area is 117 Å². The van der Waals surface area contributed by atoms with Crippen molar-refractivity contribution in [1.29, 1.82) is 0 Å². The highest BCUT2D eigenvalue weighted by Crippen LogP contribution is 2.18. The van der Waals surface area contributed by atoms with E-state index in [1.54, 1.807) is 0 Å². The van der Waals surface area contributed by atoms with Crippen LogP contribution >= 0.6 is 15.9 Å². The summed E-state index contributed by atoms with van der Waals surface area (Å²) >= 11 is 3.45. The van der Waals surface area contributed by atoms with Crippen LogP contribution in [0.4, 0.5) is 0 Å². The lowest BCUT2D eigenvalue weighted by Crippen LogP contribution is -2.02. The largest absolute Gasteiger partial charge is 0.328 e. The van der Waals surface area contributed by atoms with E-state index in [-0.39, 0.29) is 0 Å². The Kier molecular flexibility index (Phi) is 4.59. The molecular formula is C15H19BrN2. The van der Waals surface area contributed by atoms with E-state index >= 15 is 0 Å². The van der Waals surface area contributed by atoms with Crippen LogP contribution in [-0.2, 0) is 13.0 Å². The molecule has 0 radical (unpaired) electrons. The fourth-order valence-corrected chi connectivity index (χ4v) is 2.46. The van der Waals surface area contributed by atoms with E-state index in [0.29, 0.717) is 0 Å². The molecule has 0 aliphatic heterocycles. The van der Waals surface area contributed by atoms with Crippen molar-refractivity contribution in [2.75, 3.05) is 5.33 Å². The predicted molar refractivity (Wildman–Crippen MR) is 81.3 cm³/mol. The molecule has 0 unspecified atom stereocenters. The van der Waals surface area contributed by atoms with Crippen molar-refractivity contribution in [2.45, 2.75) is 33.2 Å². The van der Waals surface area contributed by atoms with E-state index < -0.39 is 0 Å². The third-order valence-corrected chi connectivity index (χ3v) is 3.55. The molecule has 2 rings (SSSR count). The van der Waals surface area contributed by atoms with Crippen molar-refractivity contribution in [3.05, 3.63) is 41.7 Å². The second kappa shape index (κ2) is 6.19. The molecule has 0 saturated carbocycles. The van der Waals surface area contributed by atoms with E-state index in [0.717, 1.165) is 30.2 Å². The molecule has 96 valence electrons. The maximum absolute atomic E-state index is 4.74. The molecule has 1 aromatic heterocycles. The lowest BCUT2D eigenvalue weighted by Gasteiger charge is -2.06. The average Bonchev–Trinajstić information content (AvgIpc) is 2.73. The molecule has 1 heterocycles. The van der Waals surface area contributed by atoms with Crippen molar-refractivity contribution >= 4 is 27.0 Å². The maximum atomic E-state index is 4.74. The summed E-state index contributed by atoms with van der Waals surface area (Å²) in [5, 5.41) is 1.02. The zero-order valence-corrected chi connectivity index (χ0v) is 12.6. The van der Waals surface area contributed by atoms with Crippen LogP contribution in [0.2, 0.25) is 0 Å². The van der Waals surface area contributed by atoms with Crippen molar-refractivity contribution in [2.24, 2.45) is 0 Å². The molecule has 0 aliphatic carbocycles. The summed E-state index contributed by atoms with van der Waals surface area (Å²) in [5.74, 6) is 1.17. The zero-order chi connectivity index (χ0) is 13.0. The number of imidazole rings is 1. The molecule has 0 fully saturated rings. The number of hydrogen-bond donors (Lipinski definition) is 0. The highest BCUT2D eigenvalue weighted by molar-refractivity contribution is 9.09. The lowest BCUT2D eigenvalue weighted by atomic mass is 10.2. The molecule has 3 heteroatoms. The van der Waals surface area contributed by atoms with Crippen LogP contribution in [0.1, 0.15) is 26.1 Å². The minimum Gasteiger partial charge on any atom is -0.328 e. The first-order chi connectivity index (χ1) is 8.76. The average molecular weight is 307 g/mol. The Morgan fingerprint density at radius 3 is 2.89 bits per heavy atom. The van der Waals surface area contributed by atoms with Crippen LogP contribution in [0, 0.1) is 0 Å². The van der Waals surface area contributed by atoms with Crippen molar-refractivity contribution in [3.8, 4) is 0 Å². The smallest absolute Gasteiger partial charge is 0.113 e. The summed E-state index contributed by atoms with van der Waals surface area (Å²) in [6, 6.07) is 8.36. The third-order valence-electron chi connectivity index (χ3n) is 3.09. The van der Waals surface area contributed by atoms with Crippen LogP contribution in [0.5, 0.6) is 0 Å². The number of aryl methyl sites for hydroxylation is 1. The topological polar surface area (TPSA) is 17.8 Å². The van der Waals surface area contributed by atoms with Crippen LogP contribution in [0.25, 0.3) is 11.0 Å². The van der Waals surface area contributed by atoms with Gasteiger partial charge in [-0.25, -0.2) is 4.98 Å². The summed E-state index contributed by atoms with van der Waals surface area (Å²) in [6.45, 7) is 5.33. The number of halogens is 1. The summed E-state index contributed by atoms with van der Waals surface area (Å²) in [5.41, 5.74) is 3.73. The minimum atomic E-state index is 0.940. The van der Waals surface area contributed by atoms with Crippen LogP contribution < -0.4 is 0 Å². The first-order valence-electron chi connectivity index (χ1n) is 6.42. The van der Waals surface area contributed by atoms with Crippen LogP contribution in [0.15, 0.2) is 35.9 Å². The van der Waals surface area contributed by atoms with Gasteiger partial charge in [-0.05, 0) is 32.4 Å².